The van der Waals surface area contributed by atoms with Gasteiger partial charge in [0.2, 0.25) is 0 Å². The summed E-state index contributed by atoms with van der Waals surface area (Å²) in [6.45, 7) is 2.03. The van der Waals surface area contributed by atoms with Crippen LogP contribution in [0.2, 0.25) is 0 Å². The van der Waals surface area contributed by atoms with Crippen LogP contribution in [0.3, 0.4) is 0 Å². The third-order valence-electron chi connectivity index (χ3n) is 3.58. The molecule has 7 heteroatoms. The Morgan fingerprint density at radius 1 is 1.04 bits per heavy atom. The lowest BCUT2D eigenvalue weighted by Gasteiger charge is -2.12. The molecule has 2 rings (SSSR count). The number of ether oxygens (including phenoxy) is 1. The molecular formula is C18H19ClF3NO2. The fraction of sp³-hybridized carbons (Fsp3) is 0.278. The monoisotopic (exact) mass is 373 g/mol. The first-order valence-electron chi connectivity index (χ1n) is 7.50. The molecule has 0 aliphatic carbocycles. The summed E-state index contributed by atoms with van der Waals surface area (Å²) in [6, 6.07) is 11.5. The first-order valence-corrected chi connectivity index (χ1v) is 7.50. The molecule has 2 N–H and O–H groups in total. The maximum atomic E-state index is 12.6. The van der Waals surface area contributed by atoms with Crippen LogP contribution in [0.5, 0.6) is 0 Å². The average Bonchev–Trinajstić information content (AvgIpc) is 2.54. The van der Waals surface area contributed by atoms with Gasteiger partial charge in [0.25, 0.3) is 0 Å². The van der Waals surface area contributed by atoms with Gasteiger partial charge in [0.1, 0.15) is 0 Å². The number of carbonyl (C=O) groups is 1. The Bertz CT molecular complexity index is 685. The predicted octanol–water partition coefficient (Wildman–Crippen LogP) is 4.75. The first kappa shape index (κ1) is 21.0. The van der Waals surface area contributed by atoms with Crippen molar-refractivity contribution in [2.45, 2.75) is 25.6 Å². The molecule has 0 fully saturated rings. The molecule has 0 aliphatic heterocycles. The van der Waals surface area contributed by atoms with Gasteiger partial charge in [0.15, 0.2) is 0 Å². The van der Waals surface area contributed by atoms with Crippen LogP contribution in [0.1, 0.15) is 30.5 Å². The van der Waals surface area contributed by atoms with Crippen LogP contribution in [0.25, 0.3) is 11.1 Å². The van der Waals surface area contributed by atoms with Gasteiger partial charge in [0.05, 0.1) is 18.6 Å². The molecule has 25 heavy (non-hydrogen) atoms. The number of hydrogen-bond acceptors (Lipinski definition) is 3. The fourth-order valence-corrected chi connectivity index (χ4v) is 2.29. The van der Waals surface area contributed by atoms with E-state index in [1.807, 2.05) is 0 Å². The van der Waals surface area contributed by atoms with E-state index in [1.165, 1.54) is 12.1 Å². The zero-order valence-corrected chi connectivity index (χ0v) is 14.4. The van der Waals surface area contributed by atoms with Crippen LogP contribution in [-0.4, -0.2) is 12.6 Å². The van der Waals surface area contributed by atoms with Gasteiger partial charge in [-0.25, -0.2) is 0 Å². The zero-order valence-electron chi connectivity index (χ0n) is 13.5. The van der Waals surface area contributed by atoms with E-state index in [0.717, 1.165) is 23.3 Å². The first-order chi connectivity index (χ1) is 11.3. The molecule has 0 aliphatic rings. The molecule has 0 amide bonds. The highest BCUT2D eigenvalue weighted by Crippen LogP contribution is 2.31. The molecule has 1 atom stereocenters. The van der Waals surface area contributed by atoms with E-state index < -0.39 is 17.8 Å². The molecular weight excluding hydrogens is 355 g/mol. The van der Waals surface area contributed by atoms with Gasteiger partial charge in [-0.15, -0.1) is 12.4 Å². The fourth-order valence-electron chi connectivity index (χ4n) is 2.29. The van der Waals surface area contributed by atoms with Crippen molar-refractivity contribution >= 4 is 18.4 Å². The van der Waals surface area contributed by atoms with Crippen molar-refractivity contribution < 1.29 is 22.7 Å². The van der Waals surface area contributed by atoms with E-state index in [4.69, 9.17) is 10.5 Å². The quantitative estimate of drug-likeness (QED) is 0.770. The van der Waals surface area contributed by atoms with Gasteiger partial charge < -0.3 is 10.5 Å². The van der Waals surface area contributed by atoms with Crippen molar-refractivity contribution in [1.82, 2.24) is 0 Å². The summed E-state index contributed by atoms with van der Waals surface area (Å²) >= 11 is 0. The van der Waals surface area contributed by atoms with Gasteiger partial charge in [-0.2, -0.15) is 13.2 Å². The van der Waals surface area contributed by atoms with E-state index in [2.05, 4.69) is 0 Å². The number of rotatable bonds is 5. The van der Waals surface area contributed by atoms with Gasteiger partial charge in [0, 0.05) is 6.04 Å². The molecule has 0 aromatic heterocycles. The number of esters is 1. The van der Waals surface area contributed by atoms with Gasteiger partial charge in [-0.3, -0.25) is 4.79 Å². The Morgan fingerprint density at radius 3 is 1.96 bits per heavy atom. The zero-order chi connectivity index (χ0) is 17.7. The summed E-state index contributed by atoms with van der Waals surface area (Å²) < 4.78 is 42.6. The standard InChI is InChI=1S/C18H18F3NO2.ClH/c1-2-24-17(23)11-16(22)14-5-3-12(4-6-14)13-7-9-15(10-8-13)18(19,20)21;/h3-10,16H,2,11,22H2,1H3;1H/t16-;/m1./s1. The van der Waals surface area contributed by atoms with Gasteiger partial charge >= 0.3 is 12.1 Å². The second kappa shape index (κ2) is 8.87. The van der Waals surface area contributed by atoms with E-state index in [1.54, 1.807) is 31.2 Å². The molecule has 0 heterocycles. The largest absolute Gasteiger partial charge is 0.466 e. The normalized spacial score (nSPS) is 12.2. The lowest BCUT2D eigenvalue weighted by Crippen LogP contribution is -2.17. The Labute approximate surface area is 150 Å². The molecule has 0 spiro atoms. The molecule has 2 aromatic carbocycles. The summed E-state index contributed by atoms with van der Waals surface area (Å²) in [6.07, 6.45) is -4.27. The molecule has 0 saturated heterocycles. The highest BCUT2D eigenvalue weighted by atomic mass is 35.5. The Hall–Kier alpha value is -2.05. The maximum absolute atomic E-state index is 12.6. The minimum atomic E-state index is -4.34. The summed E-state index contributed by atoms with van der Waals surface area (Å²) in [4.78, 5) is 11.4. The van der Waals surface area contributed by atoms with Crippen molar-refractivity contribution in [2.24, 2.45) is 5.73 Å². The Balaban J connectivity index is 0.00000312. The van der Waals surface area contributed by atoms with Crippen molar-refractivity contribution in [2.75, 3.05) is 6.61 Å². The summed E-state index contributed by atoms with van der Waals surface area (Å²) in [5.74, 6) is -0.364. The molecule has 2 aromatic rings. The van der Waals surface area contributed by atoms with E-state index in [-0.39, 0.29) is 24.8 Å². The van der Waals surface area contributed by atoms with E-state index in [0.29, 0.717) is 12.2 Å². The number of alkyl halides is 3. The molecule has 0 radical (unpaired) electrons. The average molecular weight is 374 g/mol. The highest BCUT2D eigenvalue weighted by molar-refractivity contribution is 5.85. The van der Waals surface area contributed by atoms with Gasteiger partial charge in [-0.05, 0) is 35.7 Å². The molecule has 0 saturated carbocycles. The smallest absolute Gasteiger partial charge is 0.416 e. The summed E-state index contributed by atoms with van der Waals surface area (Å²) in [7, 11) is 0. The van der Waals surface area contributed by atoms with E-state index >= 15 is 0 Å². The number of hydrogen-bond donors (Lipinski definition) is 1. The van der Waals surface area contributed by atoms with Crippen LogP contribution in [-0.2, 0) is 15.7 Å². The predicted molar refractivity (Wildman–Crippen MR) is 92.3 cm³/mol. The summed E-state index contributed by atoms with van der Waals surface area (Å²) in [5.41, 5.74) is 7.49. The van der Waals surface area contributed by atoms with Crippen LogP contribution in [0, 0.1) is 0 Å². The molecule has 0 unspecified atom stereocenters. The van der Waals surface area contributed by atoms with Crippen molar-refractivity contribution in [3.8, 4) is 11.1 Å². The lowest BCUT2D eigenvalue weighted by atomic mass is 9.99. The van der Waals surface area contributed by atoms with Gasteiger partial charge in [-0.1, -0.05) is 36.4 Å². The minimum Gasteiger partial charge on any atom is -0.466 e. The second-order valence-corrected chi connectivity index (χ2v) is 5.31. The van der Waals surface area contributed by atoms with Crippen molar-refractivity contribution in [3.63, 3.8) is 0 Å². The number of nitrogens with two attached hydrogens (primary N) is 1. The number of benzene rings is 2. The maximum Gasteiger partial charge on any atom is 0.416 e. The van der Waals surface area contributed by atoms with E-state index in [9.17, 15) is 18.0 Å². The SMILES string of the molecule is CCOC(=O)C[C@@H](N)c1ccc(-c2ccc(C(F)(F)F)cc2)cc1.Cl. The highest BCUT2D eigenvalue weighted by Gasteiger charge is 2.29. The number of carbonyl (C=O) groups excluding carboxylic acids is 1. The van der Waals surface area contributed by atoms with Crippen LogP contribution in [0.4, 0.5) is 13.2 Å². The Morgan fingerprint density at radius 2 is 1.52 bits per heavy atom. The topological polar surface area (TPSA) is 52.3 Å². The minimum absolute atomic E-state index is 0. The lowest BCUT2D eigenvalue weighted by molar-refractivity contribution is -0.143. The molecule has 136 valence electrons. The molecule has 3 nitrogen and oxygen atoms in total. The van der Waals surface area contributed by atoms with Crippen LogP contribution >= 0.6 is 12.4 Å². The third kappa shape index (κ3) is 5.76. The van der Waals surface area contributed by atoms with Crippen LogP contribution < -0.4 is 5.73 Å². The van der Waals surface area contributed by atoms with Crippen molar-refractivity contribution in [3.05, 3.63) is 59.7 Å². The Kier molecular flexibility index (Phi) is 7.45. The van der Waals surface area contributed by atoms with Crippen molar-refractivity contribution in [1.29, 1.82) is 0 Å². The second-order valence-electron chi connectivity index (χ2n) is 5.31. The summed E-state index contributed by atoms with van der Waals surface area (Å²) in [5, 5.41) is 0. The third-order valence-corrected chi connectivity index (χ3v) is 3.58. The van der Waals surface area contributed by atoms with Crippen LogP contribution in [0.15, 0.2) is 48.5 Å². The number of halogens is 4. The molecule has 0 bridgehead atoms.